The molecule has 4 nitrogen and oxygen atoms in total. The molecule has 0 unspecified atom stereocenters. The topological polar surface area (TPSA) is 44.1 Å². The van der Waals surface area contributed by atoms with Gasteiger partial charge in [-0.15, -0.1) is 0 Å². The Bertz CT molecular complexity index is 873. The minimum Gasteiger partial charge on any atom is -0.494 e. The summed E-state index contributed by atoms with van der Waals surface area (Å²) in [5, 5.41) is 0.887. The van der Waals surface area contributed by atoms with E-state index in [2.05, 4.69) is 17.1 Å². The van der Waals surface area contributed by atoms with Crippen molar-refractivity contribution >= 4 is 28.7 Å². The van der Waals surface area contributed by atoms with Crippen LogP contribution in [0.2, 0.25) is 0 Å². The first kappa shape index (κ1) is 14.3. The maximum atomic E-state index is 12.6. The quantitative estimate of drug-likeness (QED) is 0.720. The molecule has 3 aromatic rings. The molecule has 4 rings (SSSR count). The van der Waals surface area contributed by atoms with Gasteiger partial charge in [0.05, 0.1) is 17.6 Å². The van der Waals surface area contributed by atoms with E-state index in [1.165, 1.54) is 5.56 Å². The van der Waals surface area contributed by atoms with Gasteiger partial charge in [0, 0.05) is 17.7 Å². The molecule has 5 heteroatoms. The van der Waals surface area contributed by atoms with Crippen LogP contribution in [0, 0.1) is 0 Å². The summed E-state index contributed by atoms with van der Waals surface area (Å²) in [4.78, 5) is 17.3. The second-order valence-corrected chi connectivity index (χ2v) is 6.60. The van der Waals surface area contributed by atoms with E-state index in [-0.39, 0.29) is 11.2 Å². The number of benzene rings is 2. The van der Waals surface area contributed by atoms with Crippen LogP contribution in [0.5, 0.6) is 5.75 Å². The zero-order chi connectivity index (χ0) is 15.8. The number of carbonyl (C=O) groups excluding carboxylic acids is 1. The summed E-state index contributed by atoms with van der Waals surface area (Å²) in [5.74, 6) is 0.881. The fourth-order valence-electron chi connectivity index (χ4n) is 2.89. The molecule has 0 aliphatic carbocycles. The smallest absolute Gasteiger partial charge is 0.234 e. The van der Waals surface area contributed by atoms with Crippen molar-refractivity contribution in [1.29, 1.82) is 0 Å². The standard InChI is InChI=1S/C18H16N2O2S/c1-2-22-13-8-9-15-14(10-13)19-18-20(15)17(21)11-16(23-18)12-6-4-3-5-7-12/h3-10,16H,2,11H2,1H3/t16-/m1/s1. The second kappa shape index (κ2) is 5.74. The highest BCUT2D eigenvalue weighted by Crippen LogP contribution is 2.43. The zero-order valence-electron chi connectivity index (χ0n) is 12.7. The van der Waals surface area contributed by atoms with Crippen molar-refractivity contribution in [3.8, 4) is 5.75 Å². The summed E-state index contributed by atoms with van der Waals surface area (Å²) in [6, 6.07) is 15.8. The van der Waals surface area contributed by atoms with Crippen molar-refractivity contribution in [3.05, 3.63) is 54.1 Å². The van der Waals surface area contributed by atoms with Gasteiger partial charge in [-0.05, 0) is 24.6 Å². The van der Waals surface area contributed by atoms with Crippen LogP contribution in [0.1, 0.15) is 29.0 Å². The molecule has 1 aromatic heterocycles. The van der Waals surface area contributed by atoms with Crippen LogP contribution in [-0.2, 0) is 0 Å². The van der Waals surface area contributed by atoms with Gasteiger partial charge < -0.3 is 4.74 Å². The lowest BCUT2D eigenvalue weighted by Crippen LogP contribution is -2.19. The number of imidazole rings is 1. The van der Waals surface area contributed by atoms with Crippen LogP contribution in [0.3, 0.4) is 0 Å². The maximum absolute atomic E-state index is 12.6. The van der Waals surface area contributed by atoms with Crippen molar-refractivity contribution < 1.29 is 9.53 Å². The molecule has 0 bridgehead atoms. The van der Waals surface area contributed by atoms with E-state index in [0.29, 0.717) is 13.0 Å². The van der Waals surface area contributed by atoms with Gasteiger partial charge in [-0.1, -0.05) is 42.1 Å². The Kier molecular flexibility index (Phi) is 3.58. The van der Waals surface area contributed by atoms with Gasteiger partial charge in [0.2, 0.25) is 5.91 Å². The molecule has 0 saturated heterocycles. The van der Waals surface area contributed by atoms with Crippen molar-refractivity contribution in [2.24, 2.45) is 0 Å². The fourth-order valence-corrected chi connectivity index (χ4v) is 4.12. The van der Waals surface area contributed by atoms with Crippen LogP contribution in [0.15, 0.2) is 53.7 Å². The third-order valence-electron chi connectivity index (χ3n) is 3.93. The Labute approximate surface area is 138 Å². The monoisotopic (exact) mass is 324 g/mol. The van der Waals surface area contributed by atoms with Gasteiger partial charge in [0.25, 0.3) is 0 Å². The predicted octanol–water partition coefficient (Wildman–Crippen LogP) is 4.31. The fraction of sp³-hybridized carbons (Fsp3) is 0.222. The molecule has 0 radical (unpaired) electrons. The predicted molar refractivity (Wildman–Crippen MR) is 91.2 cm³/mol. The Hall–Kier alpha value is -2.27. The van der Waals surface area contributed by atoms with Crippen LogP contribution in [0.4, 0.5) is 0 Å². The Balaban J connectivity index is 1.75. The Morgan fingerprint density at radius 1 is 1.26 bits per heavy atom. The summed E-state index contributed by atoms with van der Waals surface area (Å²) in [5.41, 5.74) is 2.83. The molecule has 2 heterocycles. The summed E-state index contributed by atoms with van der Waals surface area (Å²) >= 11 is 1.65. The molecule has 1 aliphatic rings. The largest absolute Gasteiger partial charge is 0.494 e. The molecule has 2 aromatic carbocycles. The van der Waals surface area contributed by atoms with E-state index >= 15 is 0 Å². The number of rotatable bonds is 3. The first-order valence-corrected chi connectivity index (χ1v) is 8.54. The van der Waals surface area contributed by atoms with Crippen molar-refractivity contribution in [2.45, 2.75) is 23.8 Å². The van der Waals surface area contributed by atoms with Gasteiger partial charge in [0.1, 0.15) is 5.75 Å². The number of fused-ring (bicyclic) bond motifs is 3. The van der Waals surface area contributed by atoms with Gasteiger partial charge in [0.15, 0.2) is 5.16 Å². The molecule has 1 atom stereocenters. The highest BCUT2D eigenvalue weighted by molar-refractivity contribution is 7.99. The highest BCUT2D eigenvalue weighted by atomic mass is 32.2. The molecule has 0 saturated carbocycles. The molecule has 0 amide bonds. The van der Waals surface area contributed by atoms with E-state index in [1.54, 1.807) is 16.3 Å². The van der Waals surface area contributed by atoms with Crippen molar-refractivity contribution in [3.63, 3.8) is 0 Å². The lowest BCUT2D eigenvalue weighted by atomic mass is 10.1. The summed E-state index contributed by atoms with van der Waals surface area (Å²) in [6.07, 6.45) is 0.486. The minimum atomic E-state index is 0.0965. The lowest BCUT2D eigenvalue weighted by Gasteiger charge is -2.22. The highest BCUT2D eigenvalue weighted by Gasteiger charge is 2.29. The van der Waals surface area contributed by atoms with Crippen LogP contribution < -0.4 is 4.74 Å². The Morgan fingerprint density at radius 2 is 2.09 bits per heavy atom. The number of thioether (sulfide) groups is 1. The van der Waals surface area contributed by atoms with Gasteiger partial charge >= 0.3 is 0 Å². The SMILES string of the molecule is CCOc1ccc2c(c1)nc1n2C(=O)C[C@H](c2ccccc2)S1. The molecular weight excluding hydrogens is 308 g/mol. The minimum absolute atomic E-state index is 0.0965. The molecule has 1 aliphatic heterocycles. The maximum Gasteiger partial charge on any atom is 0.234 e. The molecular formula is C18H16N2O2S. The molecule has 23 heavy (non-hydrogen) atoms. The van der Waals surface area contributed by atoms with Gasteiger partial charge in [-0.25, -0.2) is 4.98 Å². The molecule has 116 valence electrons. The number of carbonyl (C=O) groups is 1. The number of hydrogen-bond acceptors (Lipinski definition) is 4. The molecule has 0 fully saturated rings. The number of hydrogen-bond donors (Lipinski definition) is 0. The van der Waals surface area contributed by atoms with Gasteiger partial charge in [-0.3, -0.25) is 9.36 Å². The lowest BCUT2D eigenvalue weighted by molar-refractivity contribution is 0.0891. The number of ether oxygens (including phenoxy) is 1. The first-order chi connectivity index (χ1) is 11.3. The first-order valence-electron chi connectivity index (χ1n) is 7.66. The average Bonchev–Trinajstić information content (AvgIpc) is 2.94. The third kappa shape index (κ3) is 2.51. The van der Waals surface area contributed by atoms with Crippen molar-refractivity contribution in [1.82, 2.24) is 9.55 Å². The summed E-state index contributed by atoms with van der Waals surface area (Å²) < 4.78 is 7.25. The second-order valence-electron chi connectivity index (χ2n) is 5.43. The Morgan fingerprint density at radius 3 is 2.87 bits per heavy atom. The van der Waals surface area contributed by atoms with Crippen molar-refractivity contribution in [2.75, 3.05) is 6.61 Å². The summed E-state index contributed by atoms with van der Waals surface area (Å²) in [7, 11) is 0. The summed E-state index contributed by atoms with van der Waals surface area (Å²) in [6.45, 7) is 2.56. The van der Waals surface area contributed by atoms with Gasteiger partial charge in [-0.2, -0.15) is 0 Å². The van der Waals surface area contributed by atoms with Crippen LogP contribution in [-0.4, -0.2) is 22.1 Å². The third-order valence-corrected chi connectivity index (χ3v) is 5.14. The normalized spacial score (nSPS) is 17.3. The van der Waals surface area contributed by atoms with E-state index in [0.717, 1.165) is 21.9 Å². The average molecular weight is 324 g/mol. The van der Waals surface area contributed by atoms with E-state index in [1.807, 2.05) is 43.3 Å². The number of nitrogens with zero attached hydrogens (tertiary/aromatic N) is 2. The number of aromatic nitrogens is 2. The van der Waals surface area contributed by atoms with Crippen LogP contribution >= 0.6 is 11.8 Å². The van der Waals surface area contributed by atoms with E-state index < -0.39 is 0 Å². The van der Waals surface area contributed by atoms with Crippen LogP contribution in [0.25, 0.3) is 11.0 Å². The molecule has 0 spiro atoms. The van der Waals surface area contributed by atoms with E-state index in [9.17, 15) is 4.79 Å². The molecule has 0 N–H and O–H groups in total. The van der Waals surface area contributed by atoms with E-state index in [4.69, 9.17) is 4.74 Å². The zero-order valence-corrected chi connectivity index (χ0v) is 13.5.